The standard InChI is InChI=1S/C17H15ClN2O2S/c1-10-5-11(2)7-13(6-10)19-16(21)9-23-17-20-14-4-3-12(18)8-15(14)22-17/h3-8H,9H2,1-2H3,(H,19,21). The molecule has 3 rings (SSSR count). The van der Waals surface area contributed by atoms with Gasteiger partial charge in [-0.05, 0) is 49.2 Å². The zero-order chi connectivity index (χ0) is 16.4. The van der Waals surface area contributed by atoms with E-state index >= 15 is 0 Å². The van der Waals surface area contributed by atoms with Gasteiger partial charge in [0.05, 0.1) is 5.75 Å². The minimum absolute atomic E-state index is 0.0970. The van der Waals surface area contributed by atoms with Crippen molar-refractivity contribution >= 4 is 46.1 Å². The van der Waals surface area contributed by atoms with Crippen molar-refractivity contribution in [2.24, 2.45) is 0 Å². The highest BCUT2D eigenvalue weighted by Crippen LogP contribution is 2.25. The Morgan fingerprint density at radius 1 is 1.22 bits per heavy atom. The highest BCUT2D eigenvalue weighted by Gasteiger charge is 2.10. The molecule has 0 radical (unpaired) electrons. The molecule has 6 heteroatoms. The van der Waals surface area contributed by atoms with E-state index < -0.39 is 0 Å². The summed E-state index contributed by atoms with van der Waals surface area (Å²) in [5, 5.41) is 3.94. The number of halogens is 1. The lowest BCUT2D eigenvalue weighted by atomic mass is 10.1. The Morgan fingerprint density at radius 2 is 1.96 bits per heavy atom. The lowest BCUT2D eigenvalue weighted by Crippen LogP contribution is -2.14. The van der Waals surface area contributed by atoms with Gasteiger partial charge in [-0.25, -0.2) is 4.98 Å². The van der Waals surface area contributed by atoms with E-state index in [1.165, 1.54) is 11.8 Å². The van der Waals surface area contributed by atoms with Crippen molar-refractivity contribution in [1.29, 1.82) is 0 Å². The molecule has 0 spiro atoms. The van der Waals surface area contributed by atoms with Gasteiger partial charge in [-0.3, -0.25) is 4.79 Å². The van der Waals surface area contributed by atoms with E-state index in [9.17, 15) is 4.79 Å². The number of nitrogens with one attached hydrogen (secondary N) is 1. The van der Waals surface area contributed by atoms with Gasteiger partial charge in [0.25, 0.3) is 5.22 Å². The Kier molecular flexibility index (Phi) is 4.59. The van der Waals surface area contributed by atoms with Gasteiger partial charge in [-0.15, -0.1) is 0 Å². The van der Waals surface area contributed by atoms with Crippen LogP contribution in [0.1, 0.15) is 11.1 Å². The van der Waals surface area contributed by atoms with Crippen LogP contribution in [-0.4, -0.2) is 16.6 Å². The Bertz CT molecular complexity index is 856. The SMILES string of the molecule is Cc1cc(C)cc(NC(=O)CSc2nc3ccc(Cl)cc3o2)c1. The van der Waals surface area contributed by atoms with Crippen molar-refractivity contribution in [2.75, 3.05) is 11.1 Å². The largest absolute Gasteiger partial charge is 0.431 e. The van der Waals surface area contributed by atoms with E-state index in [1.807, 2.05) is 26.0 Å². The number of carbonyl (C=O) groups excluding carboxylic acids is 1. The zero-order valence-corrected chi connectivity index (χ0v) is 14.3. The molecule has 1 heterocycles. The molecule has 0 atom stereocenters. The van der Waals surface area contributed by atoms with Crippen LogP contribution in [0.5, 0.6) is 0 Å². The molecule has 1 N–H and O–H groups in total. The Labute approximate surface area is 143 Å². The summed E-state index contributed by atoms with van der Waals surface area (Å²) in [5.74, 6) is 0.133. The number of benzene rings is 2. The van der Waals surface area contributed by atoms with E-state index in [2.05, 4.69) is 16.4 Å². The molecule has 23 heavy (non-hydrogen) atoms. The molecular weight excluding hydrogens is 332 g/mol. The van der Waals surface area contributed by atoms with Gasteiger partial charge in [0, 0.05) is 16.8 Å². The first-order valence-corrected chi connectivity index (χ1v) is 8.43. The second-order valence-corrected chi connectivity index (χ2v) is 6.67. The highest BCUT2D eigenvalue weighted by atomic mass is 35.5. The quantitative estimate of drug-likeness (QED) is 0.687. The summed E-state index contributed by atoms with van der Waals surface area (Å²) in [6, 6.07) is 11.2. The summed E-state index contributed by atoms with van der Waals surface area (Å²) in [4.78, 5) is 16.4. The number of hydrogen-bond donors (Lipinski definition) is 1. The van der Waals surface area contributed by atoms with Crippen molar-refractivity contribution in [3.8, 4) is 0 Å². The van der Waals surface area contributed by atoms with E-state index in [0.717, 1.165) is 22.3 Å². The van der Waals surface area contributed by atoms with Crippen LogP contribution in [0.25, 0.3) is 11.1 Å². The number of oxazole rings is 1. The van der Waals surface area contributed by atoms with Crippen molar-refractivity contribution in [2.45, 2.75) is 19.1 Å². The molecule has 0 unspecified atom stereocenters. The van der Waals surface area contributed by atoms with Gasteiger partial charge >= 0.3 is 0 Å². The highest BCUT2D eigenvalue weighted by molar-refractivity contribution is 7.99. The van der Waals surface area contributed by atoms with Gasteiger partial charge in [0.1, 0.15) is 5.52 Å². The lowest BCUT2D eigenvalue weighted by Gasteiger charge is -2.06. The number of amides is 1. The van der Waals surface area contributed by atoms with Crippen LogP contribution in [0.3, 0.4) is 0 Å². The summed E-state index contributed by atoms with van der Waals surface area (Å²) in [6.07, 6.45) is 0. The van der Waals surface area contributed by atoms with Crippen molar-refractivity contribution in [1.82, 2.24) is 4.98 Å². The molecule has 0 aliphatic heterocycles. The van der Waals surface area contributed by atoms with Crippen LogP contribution in [0, 0.1) is 13.8 Å². The Balaban J connectivity index is 1.63. The van der Waals surface area contributed by atoms with Crippen LogP contribution in [-0.2, 0) is 4.79 Å². The fourth-order valence-electron chi connectivity index (χ4n) is 2.31. The summed E-state index contributed by atoms with van der Waals surface area (Å²) in [6.45, 7) is 4.00. The Morgan fingerprint density at radius 3 is 2.70 bits per heavy atom. The van der Waals surface area contributed by atoms with E-state index in [4.69, 9.17) is 16.0 Å². The fourth-order valence-corrected chi connectivity index (χ4v) is 3.11. The third kappa shape index (κ3) is 4.06. The number of carbonyl (C=O) groups is 1. The number of aromatic nitrogens is 1. The number of fused-ring (bicyclic) bond motifs is 1. The predicted molar refractivity (Wildman–Crippen MR) is 94.3 cm³/mol. The number of nitrogens with zero attached hydrogens (tertiary/aromatic N) is 1. The number of rotatable bonds is 4. The molecule has 3 aromatic rings. The minimum atomic E-state index is -0.0970. The monoisotopic (exact) mass is 346 g/mol. The maximum atomic E-state index is 12.1. The summed E-state index contributed by atoms with van der Waals surface area (Å²) >= 11 is 7.17. The van der Waals surface area contributed by atoms with Crippen LogP contribution in [0.4, 0.5) is 5.69 Å². The van der Waals surface area contributed by atoms with Gasteiger partial charge in [-0.2, -0.15) is 0 Å². The van der Waals surface area contributed by atoms with Crippen molar-refractivity contribution in [3.63, 3.8) is 0 Å². The number of anilines is 1. The molecule has 0 aliphatic carbocycles. The van der Waals surface area contributed by atoms with E-state index in [0.29, 0.717) is 15.8 Å². The first kappa shape index (κ1) is 15.9. The smallest absolute Gasteiger partial charge is 0.257 e. The van der Waals surface area contributed by atoms with E-state index in [1.54, 1.807) is 18.2 Å². The van der Waals surface area contributed by atoms with Crippen molar-refractivity contribution in [3.05, 3.63) is 52.5 Å². The molecule has 0 saturated carbocycles. The topological polar surface area (TPSA) is 55.1 Å². The molecule has 0 bridgehead atoms. The van der Waals surface area contributed by atoms with Crippen LogP contribution in [0.15, 0.2) is 46.0 Å². The van der Waals surface area contributed by atoms with Gasteiger partial charge < -0.3 is 9.73 Å². The maximum Gasteiger partial charge on any atom is 0.257 e. The molecule has 1 aromatic heterocycles. The molecule has 4 nitrogen and oxygen atoms in total. The van der Waals surface area contributed by atoms with Gasteiger partial charge in [-0.1, -0.05) is 29.4 Å². The molecular formula is C17H15ClN2O2S. The fraction of sp³-hybridized carbons (Fsp3) is 0.176. The third-order valence-electron chi connectivity index (χ3n) is 3.16. The second-order valence-electron chi connectivity index (χ2n) is 5.31. The first-order valence-electron chi connectivity index (χ1n) is 7.07. The van der Waals surface area contributed by atoms with Crippen molar-refractivity contribution < 1.29 is 9.21 Å². The molecule has 1 amide bonds. The van der Waals surface area contributed by atoms with E-state index in [-0.39, 0.29) is 11.7 Å². The molecule has 0 aliphatic rings. The molecule has 0 saturated heterocycles. The summed E-state index contributed by atoms with van der Waals surface area (Å²) in [7, 11) is 0. The van der Waals surface area contributed by atoms with Gasteiger partial charge in [0.2, 0.25) is 5.91 Å². The average Bonchev–Trinajstić information content (AvgIpc) is 2.86. The third-order valence-corrected chi connectivity index (χ3v) is 4.23. The summed E-state index contributed by atoms with van der Waals surface area (Å²) in [5.41, 5.74) is 4.38. The first-order chi connectivity index (χ1) is 11.0. The molecule has 118 valence electrons. The molecule has 2 aromatic carbocycles. The zero-order valence-electron chi connectivity index (χ0n) is 12.7. The van der Waals surface area contributed by atoms with Crippen LogP contribution in [0.2, 0.25) is 5.02 Å². The average molecular weight is 347 g/mol. The second kappa shape index (κ2) is 6.64. The van der Waals surface area contributed by atoms with Crippen LogP contribution >= 0.6 is 23.4 Å². The number of aryl methyl sites for hydroxylation is 2. The predicted octanol–water partition coefficient (Wildman–Crippen LogP) is 4.83. The van der Waals surface area contributed by atoms with Gasteiger partial charge in [0.15, 0.2) is 5.58 Å². The minimum Gasteiger partial charge on any atom is -0.431 e. The normalized spacial score (nSPS) is 10.9. The Hall–Kier alpha value is -1.98. The molecule has 0 fully saturated rings. The summed E-state index contributed by atoms with van der Waals surface area (Å²) < 4.78 is 5.58. The van der Waals surface area contributed by atoms with Crippen LogP contribution < -0.4 is 5.32 Å². The number of thioether (sulfide) groups is 1. The lowest BCUT2D eigenvalue weighted by molar-refractivity contribution is -0.113. The maximum absolute atomic E-state index is 12.1. The number of hydrogen-bond acceptors (Lipinski definition) is 4.